The highest BCUT2D eigenvalue weighted by Gasteiger charge is 2.42. The summed E-state index contributed by atoms with van der Waals surface area (Å²) in [5, 5.41) is 10.8. The first-order valence-electron chi connectivity index (χ1n) is 9.56. The van der Waals surface area contributed by atoms with Gasteiger partial charge >= 0.3 is 0 Å². The van der Waals surface area contributed by atoms with Crippen molar-refractivity contribution in [1.29, 1.82) is 0 Å². The lowest BCUT2D eigenvalue weighted by Gasteiger charge is -2.43. The maximum atomic E-state index is 13.1. The van der Waals surface area contributed by atoms with E-state index in [1.165, 1.54) is 4.31 Å². The summed E-state index contributed by atoms with van der Waals surface area (Å²) < 4.78 is 33.0. The summed E-state index contributed by atoms with van der Waals surface area (Å²) in [7, 11) is -1.96. The highest BCUT2D eigenvalue weighted by molar-refractivity contribution is 7.89. The van der Waals surface area contributed by atoms with Crippen LogP contribution in [0.15, 0.2) is 53.4 Å². The molecule has 2 atom stereocenters. The zero-order valence-corrected chi connectivity index (χ0v) is 17.7. The second kappa shape index (κ2) is 7.85. The van der Waals surface area contributed by atoms with Crippen molar-refractivity contribution in [2.24, 2.45) is 5.92 Å². The van der Waals surface area contributed by atoms with Crippen molar-refractivity contribution >= 4 is 10.0 Å². The summed E-state index contributed by atoms with van der Waals surface area (Å²) in [5.74, 6) is 0.646. The quantitative estimate of drug-likeness (QED) is 0.829. The molecule has 1 aliphatic rings. The molecule has 0 saturated carbocycles. The van der Waals surface area contributed by atoms with E-state index in [9.17, 15) is 13.5 Å². The van der Waals surface area contributed by atoms with Crippen LogP contribution in [0.2, 0.25) is 0 Å². The van der Waals surface area contributed by atoms with Crippen molar-refractivity contribution in [3.63, 3.8) is 0 Å². The number of sulfonamides is 1. The Morgan fingerprint density at radius 1 is 1.07 bits per heavy atom. The maximum Gasteiger partial charge on any atom is 0.243 e. The minimum absolute atomic E-state index is 0.0790. The van der Waals surface area contributed by atoms with Gasteiger partial charge in [0, 0.05) is 19.0 Å². The Hall–Kier alpha value is -1.89. The molecule has 0 unspecified atom stereocenters. The largest absolute Gasteiger partial charge is 0.497 e. The highest BCUT2D eigenvalue weighted by Crippen LogP contribution is 2.41. The molecule has 2 aromatic carbocycles. The second-order valence-corrected chi connectivity index (χ2v) is 10.0. The summed E-state index contributed by atoms with van der Waals surface area (Å²) in [4.78, 5) is 0.301. The minimum atomic E-state index is -3.59. The first kappa shape index (κ1) is 20.8. The molecule has 1 heterocycles. The van der Waals surface area contributed by atoms with E-state index >= 15 is 0 Å². The fraction of sp³-hybridized carbons (Fsp3) is 0.455. The molecule has 1 saturated heterocycles. The van der Waals surface area contributed by atoms with Gasteiger partial charge in [-0.25, -0.2) is 8.42 Å². The van der Waals surface area contributed by atoms with Crippen molar-refractivity contribution < 1.29 is 18.3 Å². The molecule has 1 fully saturated rings. The average molecular weight is 404 g/mol. The van der Waals surface area contributed by atoms with Gasteiger partial charge in [0.25, 0.3) is 0 Å². The van der Waals surface area contributed by atoms with Gasteiger partial charge in [-0.05, 0) is 62.9 Å². The zero-order valence-electron chi connectivity index (χ0n) is 16.9. The van der Waals surface area contributed by atoms with E-state index in [0.717, 1.165) is 16.9 Å². The SMILES string of the molecule is COc1ccc([C@H]2CCN(S(=O)(=O)c3ccc(C)cc3)C[C@@H]2C(C)(C)O)cc1. The van der Waals surface area contributed by atoms with Crippen LogP contribution in [0.1, 0.15) is 37.3 Å². The fourth-order valence-electron chi connectivity index (χ4n) is 3.97. The van der Waals surface area contributed by atoms with Gasteiger partial charge < -0.3 is 9.84 Å². The van der Waals surface area contributed by atoms with Crippen LogP contribution < -0.4 is 4.74 Å². The molecule has 5 nitrogen and oxygen atoms in total. The first-order chi connectivity index (χ1) is 13.1. The van der Waals surface area contributed by atoms with Crippen molar-refractivity contribution in [2.75, 3.05) is 20.2 Å². The summed E-state index contributed by atoms with van der Waals surface area (Å²) in [5.41, 5.74) is 1.11. The predicted molar refractivity (Wildman–Crippen MR) is 110 cm³/mol. The average Bonchev–Trinajstić information content (AvgIpc) is 2.67. The molecule has 152 valence electrons. The van der Waals surface area contributed by atoms with Crippen molar-refractivity contribution in [1.82, 2.24) is 4.31 Å². The smallest absolute Gasteiger partial charge is 0.243 e. The lowest BCUT2D eigenvalue weighted by Crippen LogP contribution is -2.50. The van der Waals surface area contributed by atoms with Gasteiger partial charge in [0.05, 0.1) is 17.6 Å². The molecule has 0 radical (unpaired) electrons. The topological polar surface area (TPSA) is 66.8 Å². The molecule has 0 aromatic heterocycles. The Morgan fingerprint density at radius 3 is 2.21 bits per heavy atom. The number of aryl methyl sites for hydroxylation is 1. The first-order valence-corrected chi connectivity index (χ1v) is 11.0. The molecular weight excluding hydrogens is 374 g/mol. The number of ether oxygens (including phenoxy) is 1. The second-order valence-electron chi connectivity index (χ2n) is 8.10. The predicted octanol–water partition coefficient (Wildman–Crippen LogP) is 3.57. The minimum Gasteiger partial charge on any atom is -0.497 e. The van der Waals surface area contributed by atoms with E-state index in [-0.39, 0.29) is 18.4 Å². The fourth-order valence-corrected chi connectivity index (χ4v) is 5.45. The molecule has 2 aromatic rings. The van der Waals surface area contributed by atoms with Gasteiger partial charge in [-0.3, -0.25) is 0 Å². The Bertz CT molecular complexity index is 899. The highest BCUT2D eigenvalue weighted by atomic mass is 32.2. The Kier molecular flexibility index (Phi) is 5.84. The Morgan fingerprint density at radius 2 is 1.68 bits per heavy atom. The van der Waals surface area contributed by atoms with Crippen LogP contribution in [-0.2, 0) is 10.0 Å². The van der Waals surface area contributed by atoms with Gasteiger partial charge in [-0.15, -0.1) is 0 Å². The molecule has 1 aliphatic heterocycles. The molecule has 0 aliphatic carbocycles. The van der Waals surface area contributed by atoms with Crippen LogP contribution in [0.5, 0.6) is 5.75 Å². The van der Waals surface area contributed by atoms with Crippen molar-refractivity contribution in [3.05, 3.63) is 59.7 Å². The normalized spacial score (nSPS) is 21.5. The zero-order chi connectivity index (χ0) is 20.5. The van der Waals surface area contributed by atoms with Crippen molar-refractivity contribution in [3.8, 4) is 5.75 Å². The summed E-state index contributed by atoms with van der Waals surface area (Å²) >= 11 is 0. The van der Waals surface area contributed by atoms with Crippen LogP contribution in [-0.4, -0.2) is 43.6 Å². The van der Waals surface area contributed by atoms with Gasteiger partial charge in [0.2, 0.25) is 10.0 Å². The molecule has 6 heteroatoms. The number of aliphatic hydroxyl groups is 1. The van der Waals surface area contributed by atoms with Crippen molar-refractivity contribution in [2.45, 2.75) is 43.6 Å². The van der Waals surface area contributed by atoms with E-state index in [1.54, 1.807) is 33.1 Å². The number of hydrogen-bond donors (Lipinski definition) is 1. The van der Waals surface area contributed by atoms with E-state index in [4.69, 9.17) is 4.74 Å². The number of nitrogens with zero attached hydrogens (tertiary/aromatic N) is 1. The van der Waals surface area contributed by atoms with Crippen LogP contribution in [0.3, 0.4) is 0 Å². The Labute approximate surface area is 168 Å². The third kappa shape index (κ3) is 4.24. The van der Waals surface area contributed by atoms with E-state index in [0.29, 0.717) is 17.9 Å². The maximum absolute atomic E-state index is 13.1. The summed E-state index contributed by atoms with van der Waals surface area (Å²) in [6.07, 6.45) is 0.659. The van der Waals surface area contributed by atoms with E-state index in [2.05, 4.69) is 0 Å². The van der Waals surface area contributed by atoms with Crippen LogP contribution >= 0.6 is 0 Å². The van der Waals surface area contributed by atoms with Gasteiger partial charge in [-0.2, -0.15) is 4.31 Å². The third-order valence-corrected chi connectivity index (χ3v) is 7.57. The van der Waals surface area contributed by atoms with Crippen LogP contribution in [0.25, 0.3) is 0 Å². The summed E-state index contributed by atoms with van der Waals surface area (Å²) in [6, 6.07) is 14.8. The molecule has 0 spiro atoms. The third-order valence-electron chi connectivity index (χ3n) is 5.69. The molecule has 0 amide bonds. The van der Waals surface area contributed by atoms with Crippen LogP contribution in [0.4, 0.5) is 0 Å². The van der Waals surface area contributed by atoms with E-state index < -0.39 is 15.6 Å². The number of hydrogen-bond acceptors (Lipinski definition) is 4. The Balaban J connectivity index is 1.89. The van der Waals surface area contributed by atoms with Gasteiger partial charge in [0.15, 0.2) is 0 Å². The number of benzene rings is 2. The molecule has 1 N–H and O–H groups in total. The molecule has 0 bridgehead atoms. The standard InChI is InChI=1S/C22H29NO4S/c1-16-5-11-19(12-6-16)28(25,26)23-14-13-20(21(15-23)22(2,3)24)17-7-9-18(27-4)10-8-17/h5-12,20-21,24H,13-15H2,1-4H3/t20-,21+/m1/s1. The van der Waals surface area contributed by atoms with Crippen LogP contribution in [0, 0.1) is 12.8 Å². The van der Waals surface area contributed by atoms with Gasteiger partial charge in [-0.1, -0.05) is 29.8 Å². The molecular formula is C22H29NO4S. The van der Waals surface area contributed by atoms with Gasteiger partial charge in [0.1, 0.15) is 5.75 Å². The number of methoxy groups -OCH3 is 1. The number of rotatable bonds is 5. The lowest BCUT2D eigenvalue weighted by atomic mass is 9.73. The lowest BCUT2D eigenvalue weighted by molar-refractivity contribution is -0.0159. The molecule has 28 heavy (non-hydrogen) atoms. The monoisotopic (exact) mass is 403 g/mol. The summed E-state index contributed by atoms with van der Waals surface area (Å²) in [6.45, 7) is 6.17. The number of piperidine rings is 1. The molecule has 3 rings (SSSR count). The van der Waals surface area contributed by atoms with E-state index in [1.807, 2.05) is 43.3 Å².